The fourth-order valence-corrected chi connectivity index (χ4v) is 1.73. The first-order valence-corrected chi connectivity index (χ1v) is 4.17. The van der Waals surface area contributed by atoms with Crippen LogP contribution in [0.3, 0.4) is 0 Å². The highest BCUT2D eigenvalue weighted by molar-refractivity contribution is 5.70. The van der Waals surface area contributed by atoms with Gasteiger partial charge in [0, 0.05) is 18.0 Å². The van der Waals surface area contributed by atoms with E-state index in [0.717, 1.165) is 19.3 Å². The Hall–Kier alpha value is -1.49. The van der Waals surface area contributed by atoms with Crippen LogP contribution in [0.15, 0.2) is 18.3 Å². The minimum absolute atomic E-state index is 1.04. The number of nitriles is 1. The van der Waals surface area contributed by atoms with Crippen molar-refractivity contribution in [3.05, 3.63) is 29.6 Å². The van der Waals surface area contributed by atoms with Crippen LogP contribution in [0.25, 0.3) is 5.57 Å². The van der Waals surface area contributed by atoms with Gasteiger partial charge < -0.3 is 4.98 Å². The Kier molecular flexibility index (Phi) is 1.71. The second kappa shape index (κ2) is 2.86. The van der Waals surface area contributed by atoms with E-state index in [9.17, 15) is 0 Å². The lowest BCUT2D eigenvalue weighted by molar-refractivity contribution is 0.804. The second-order valence-electron chi connectivity index (χ2n) is 3.02. The predicted molar refractivity (Wildman–Crippen MR) is 47.3 cm³/mol. The van der Waals surface area contributed by atoms with Gasteiger partial charge in [0.2, 0.25) is 0 Å². The largest absolute Gasteiger partial charge is 0.364 e. The summed E-state index contributed by atoms with van der Waals surface area (Å²) in [6.07, 6.45) is 6.91. The highest BCUT2D eigenvalue weighted by atomic mass is 14.7. The van der Waals surface area contributed by atoms with Crippen molar-refractivity contribution in [3.8, 4) is 6.07 Å². The van der Waals surface area contributed by atoms with E-state index >= 15 is 0 Å². The number of allylic oxidation sites excluding steroid dienone is 2. The van der Waals surface area contributed by atoms with Crippen LogP contribution in [0.1, 0.15) is 24.1 Å². The lowest BCUT2D eigenvalue weighted by Gasteiger charge is -2.13. The van der Waals surface area contributed by atoms with Crippen LogP contribution < -0.4 is 0 Å². The second-order valence-corrected chi connectivity index (χ2v) is 3.02. The van der Waals surface area contributed by atoms with Crippen LogP contribution in [0.4, 0.5) is 0 Å². The molecule has 1 aromatic rings. The van der Waals surface area contributed by atoms with Gasteiger partial charge in [-0.3, -0.25) is 0 Å². The summed E-state index contributed by atoms with van der Waals surface area (Å²) in [5.74, 6) is 0. The molecule has 0 fully saturated rings. The number of rotatable bonds is 0. The van der Waals surface area contributed by atoms with Crippen LogP contribution in [-0.4, -0.2) is 4.98 Å². The number of nitrogens with zero attached hydrogens (tertiary/aromatic N) is 1. The fourth-order valence-electron chi connectivity index (χ4n) is 1.73. The van der Waals surface area contributed by atoms with E-state index in [4.69, 9.17) is 5.26 Å². The van der Waals surface area contributed by atoms with E-state index in [1.807, 2.05) is 6.20 Å². The number of aromatic amines is 1. The number of hydrogen-bond donors (Lipinski definition) is 1. The first kappa shape index (κ1) is 7.17. The Bertz CT molecular complexity index is 352. The third-order valence-corrected chi connectivity index (χ3v) is 2.29. The molecule has 1 heterocycles. The zero-order valence-corrected chi connectivity index (χ0v) is 6.80. The third-order valence-electron chi connectivity index (χ3n) is 2.29. The molecule has 0 bridgehead atoms. The highest BCUT2D eigenvalue weighted by Crippen LogP contribution is 2.29. The van der Waals surface area contributed by atoms with Gasteiger partial charge in [-0.25, -0.2) is 0 Å². The Morgan fingerprint density at radius 2 is 2.42 bits per heavy atom. The molecule has 12 heavy (non-hydrogen) atoms. The molecule has 1 aromatic heterocycles. The molecule has 0 spiro atoms. The normalized spacial score (nSPS) is 18.8. The van der Waals surface area contributed by atoms with E-state index in [1.54, 1.807) is 6.08 Å². The van der Waals surface area contributed by atoms with Crippen molar-refractivity contribution in [2.45, 2.75) is 19.3 Å². The van der Waals surface area contributed by atoms with Gasteiger partial charge in [0.25, 0.3) is 0 Å². The molecule has 0 saturated heterocycles. The first-order valence-electron chi connectivity index (χ1n) is 4.17. The van der Waals surface area contributed by atoms with Crippen LogP contribution >= 0.6 is 0 Å². The molecule has 0 amide bonds. The van der Waals surface area contributed by atoms with Crippen molar-refractivity contribution in [1.29, 1.82) is 5.26 Å². The predicted octanol–water partition coefficient (Wildman–Crippen LogP) is 2.26. The molecule has 1 N–H and O–H groups in total. The van der Waals surface area contributed by atoms with E-state index < -0.39 is 0 Å². The number of nitrogens with one attached hydrogen (secondary N) is 1. The number of aromatic nitrogens is 1. The molecule has 0 unspecified atom stereocenters. The van der Waals surface area contributed by atoms with Gasteiger partial charge in [0.15, 0.2) is 0 Å². The van der Waals surface area contributed by atoms with Crippen LogP contribution in [0.2, 0.25) is 0 Å². The molecular weight excluding hydrogens is 148 g/mol. The van der Waals surface area contributed by atoms with Crippen molar-refractivity contribution < 1.29 is 0 Å². The third kappa shape index (κ3) is 1.04. The lowest BCUT2D eigenvalue weighted by Crippen LogP contribution is -1.99. The average molecular weight is 158 g/mol. The summed E-state index contributed by atoms with van der Waals surface area (Å²) < 4.78 is 0. The first-order chi connectivity index (χ1) is 5.92. The number of fused-ring (bicyclic) bond motifs is 1. The number of aryl methyl sites for hydroxylation is 1. The van der Waals surface area contributed by atoms with Gasteiger partial charge >= 0.3 is 0 Å². The van der Waals surface area contributed by atoms with Gasteiger partial charge in [0.1, 0.15) is 0 Å². The van der Waals surface area contributed by atoms with Gasteiger partial charge in [-0.15, -0.1) is 0 Å². The molecule has 0 aliphatic heterocycles. The highest BCUT2D eigenvalue weighted by Gasteiger charge is 2.13. The summed E-state index contributed by atoms with van der Waals surface area (Å²) in [4.78, 5) is 3.20. The number of hydrogen-bond acceptors (Lipinski definition) is 1. The van der Waals surface area contributed by atoms with Crippen molar-refractivity contribution in [3.63, 3.8) is 0 Å². The van der Waals surface area contributed by atoms with Gasteiger partial charge in [-0.1, -0.05) is 0 Å². The molecule has 0 saturated carbocycles. The smallest absolute Gasteiger partial charge is 0.0915 e. The standard InChI is InChI=1S/C10H10N2/c11-6-4-8-2-1-3-10-9(8)5-7-12-10/h4-5,7,12H,1-3H2/b8-4-. The summed E-state index contributed by atoms with van der Waals surface area (Å²) >= 11 is 0. The van der Waals surface area contributed by atoms with Crippen LogP contribution in [-0.2, 0) is 6.42 Å². The topological polar surface area (TPSA) is 39.6 Å². The molecule has 0 atom stereocenters. The quantitative estimate of drug-likeness (QED) is 0.578. The molecule has 1 aliphatic rings. The lowest BCUT2D eigenvalue weighted by atomic mass is 9.92. The molecule has 60 valence electrons. The van der Waals surface area contributed by atoms with Crippen LogP contribution in [0, 0.1) is 11.3 Å². The minimum Gasteiger partial charge on any atom is -0.364 e. The number of H-pyrrole nitrogens is 1. The van der Waals surface area contributed by atoms with Crippen molar-refractivity contribution in [2.75, 3.05) is 0 Å². The Morgan fingerprint density at radius 1 is 1.50 bits per heavy atom. The average Bonchev–Trinajstić information content (AvgIpc) is 2.53. The van der Waals surface area contributed by atoms with E-state index in [0.29, 0.717) is 0 Å². The molecule has 2 rings (SSSR count). The Morgan fingerprint density at radius 3 is 3.25 bits per heavy atom. The van der Waals surface area contributed by atoms with Crippen LogP contribution in [0.5, 0.6) is 0 Å². The molecule has 0 aromatic carbocycles. The minimum atomic E-state index is 1.04. The Balaban J connectivity index is 2.46. The van der Waals surface area contributed by atoms with E-state index in [1.165, 1.54) is 16.8 Å². The summed E-state index contributed by atoms with van der Waals surface area (Å²) in [6.45, 7) is 0. The van der Waals surface area contributed by atoms with Gasteiger partial charge in [-0.2, -0.15) is 5.26 Å². The Labute approximate surface area is 71.5 Å². The summed E-state index contributed by atoms with van der Waals surface area (Å²) in [7, 11) is 0. The molecule has 1 aliphatic carbocycles. The van der Waals surface area contributed by atoms with Crippen molar-refractivity contribution in [2.24, 2.45) is 0 Å². The molecule has 0 radical (unpaired) electrons. The molecular formula is C10H10N2. The molecule has 2 heteroatoms. The maximum absolute atomic E-state index is 8.54. The summed E-state index contributed by atoms with van der Waals surface area (Å²) in [5.41, 5.74) is 3.70. The molecule has 2 nitrogen and oxygen atoms in total. The zero-order valence-electron chi connectivity index (χ0n) is 6.80. The van der Waals surface area contributed by atoms with Crippen molar-refractivity contribution >= 4 is 5.57 Å². The maximum atomic E-state index is 8.54. The summed E-state index contributed by atoms with van der Waals surface area (Å²) in [6, 6.07) is 4.15. The van der Waals surface area contributed by atoms with E-state index in [2.05, 4.69) is 17.1 Å². The van der Waals surface area contributed by atoms with Crippen molar-refractivity contribution in [1.82, 2.24) is 4.98 Å². The van der Waals surface area contributed by atoms with Gasteiger partial charge in [0.05, 0.1) is 6.07 Å². The maximum Gasteiger partial charge on any atom is 0.0915 e. The van der Waals surface area contributed by atoms with Gasteiger partial charge in [-0.05, 0) is 36.5 Å². The summed E-state index contributed by atoms with van der Waals surface area (Å²) in [5, 5.41) is 8.54. The van der Waals surface area contributed by atoms with E-state index in [-0.39, 0.29) is 0 Å². The zero-order chi connectivity index (χ0) is 8.39. The SMILES string of the molecule is N#C/C=C1/CCCc2[nH]ccc21. The fraction of sp³-hybridized carbons (Fsp3) is 0.300. The monoisotopic (exact) mass is 158 g/mol.